The van der Waals surface area contributed by atoms with Crippen molar-refractivity contribution in [3.63, 3.8) is 0 Å². The fourth-order valence-corrected chi connectivity index (χ4v) is 2.11. The monoisotopic (exact) mass is 223 g/mol. The lowest BCUT2D eigenvalue weighted by atomic mass is 9.94. The summed E-state index contributed by atoms with van der Waals surface area (Å²) in [5, 5.41) is 11.7. The van der Waals surface area contributed by atoms with Crippen LogP contribution in [0.1, 0.15) is 32.1 Å². The molecule has 2 aliphatic rings. The molecule has 2 N–H and O–H groups in total. The highest BCUT2D eigenvalue weighted by Crippen LogP contribution is 2.46. The van der Waals surface area contributed by atoms with Gasteiger partial charge in [-0.05, 0) is 38.0 Å². The largest absolute Gasteiger partial charge is 0.480 e. The van der Waals surface area contributed by atoms with Crippen LogP contribution in [-0.4, -0.2) is 23.5 Å². The Labute approximate surface area is 94.7 Å². The lowest BCUT2D eigenvalue weighted by molar-refractivity contribution is -0.149. The number of aliphatic carboxylic acids is 1. The van der Waals surface area contributed by atoms with Crippen LogP contribution in [-0.2, 0) is 9.59 Å². The van der Waals surface area contributed by atoms with Crippen LogP contribution in [0.2, 0.25) is 0 Å². The normalized spacial score (nSPS) is 26.1. The number of hydrogen-bond donors (Lipinski definition) is 2. The Bertz CT molecular complexity index is 331. The van der Waals surface area contributed by atoms with E-state index in [-0.39, 0.29) is 5.91 Å². The number of carboxylic acids is 1. The molecule has 1 fully saturated rings. The zero-order chi connectivity index (χ0) is 11.6. The van der Waals surface area contributed by atoms with Gasteiger partial charge in [-0.1, -0.05) is 12.2 Å². The molecule has 0 bridgehead atoms. The topological polar surface area (TPSA) is 66.4 Å². The van der Waals surface area contributed by atoms with E-state index in [9.17, 15) is 9.59 Å². The number of hydrogen-bond acceptors (Lipinski definition) is 2. The van der Waals surface area contributed by atoms with Crippen molar-refractivity contribution in [1.29, 1.82) is 0 Å². The maximum atomic E-state index is 11.7. The van der Waals surface area contributed by atoms with Crippen LogP contribution in [0.25, 0.3) is 0 Å². The van der Waals surface area contributed by atoms with Gasteiger partial charge in [-0.3, -0.25) is 9.59 Å². The van der Waals surface area contributed by atoms with Gasteiger partial charge < -0.3 is 10.4 Å². The van der Waals surface area contributed by atoms with E-state index in [1.165, 1.54) is 0 Å². The fraction of sp³-hybridized carbons (Fsp3) is 0.667. The molecule has 0 radical (unpaired) electrons. The molecule has 4 nitrogen and oxygen atoms in total. The summed E-state index contributed by atoms with van der Waals surface area (Å²) in [6.07, 6.45) is 8.38. The highest BCUT2D eigenvalue weighted by Gasteiger charge is 2.56. The molecule has 4 heteroatoms. The second-order valence-electron chi connectivity index (χ2n) is 4.75. The molecule has 88 valence electrons. The zero-order valence-corrected chi connectivity index (χ0v) is 9.24. The molecule has 0 spiro atoms. The van der Waals surface area contributed by atoms with Crippen molar-refractivity contribution in [2.24, 2.45) is 11.3 Å². The fourth-order valence-electron chi connectivity index (χ4n) is 2.11. The third kappa shape index (κ3) is 2.10. The van der Waals surface area contributed by atoms with E-state index >= 15 is 0 Å². The molecule has 16 heavy (non-hydrogen) atoms. The van der Waals surface area contributed by atoms with Crippen LogP contribution in [0.5, 0.6) is 0 Å². The number of nitrogens with one attached hydrogen (secondary N) is 1. The molecule has 0 aromatic heterocycles. The lowest BCUT2D eigenvalue weighted by Crippen LogP contribution is -2.39. The van der Waals surface area contributed by atoms with Gasteiger partial charge in [0.05, 0.1) is 0 Å². The number of rotatable bonds is 4. The summed E-state index contributed by atoms with van der Waals surface area (Å²) in [5.41, 5.74) is -1.09. The average Bonchev–Trinajstić information content (AvgIpc) is 3.08. The molecule has 0 aromatic carbocycles. The summed E-state index contributed by atoms with van der Waals surface area (Å²) in [5.74, 6) is -0.804. The number of amides is 1. The summed E-state index contributed by atoms with van der Waals surface area (Å²) in [4.78, 5) is 22.6. The maximum Gasteiger partial charge on any atom is 0.319 e. The molecule has 2 rings (SSSR count). The first-order valence-electron chi connectivity index (χ1n) is 5.82. The first-order chi connectivity index (χ1) is 7.65. The molecule has 0 saturated heterocycles. The Morgan fingerprint density at radius 1 is 1.38 bits per heavy atom. The first kappa shape index (κ1) is 11.2. The molecular formula is C12H17NO3. The summed E-state index contributed by atoms with van der Waals surface area (Å²) in [6, 6.07) is 0. The van der Waals surface area contributed by atoms with Gasteiger partial charge in [0.2, 0.25) is 5.91 Å². The lowest BCUT2D eigenvalue weighted by Gasteiger charge is -2.19. The molecule has 0 aliphatic heterocycles. The minimum absolute atomic E-state index is 0.297. The Morgan fingerprint density at radius 2 is 2.12 bits per heavy atom. The van der Waals surface area contributed by atoms with Gasteiger partial charge in [0, 0.05) is 6.54 Å². The van der Waals surface area contributed by atoms with Crippen molar-refractivity contribution in [1.82, 2.24) is 5.32 Å². The van der Waals surface area contributed by atoms with E-state index in [2.05, 4.69) is 17.5 Å². The molecule has 1 unspecified atom stereocenters. The average molecular weight is 223 g/mol. The Morgan fingerprint density at radius 3 is 2.62 bits per heavy atom. The van der Waals surface area contributed by atoms with Crippen LogP contribution in [0.15, 0.2) is 12.2 Å². The Hall–Kier alpha value is -1.32. The van der Waals surface area contributed by atoms with Crippen LogP contribution >= 0.6 is 0 Å². The van der Waals surface area contributed by atoms with Crippen LogP contribution < -0.4 is 5.32 Å². The number of carboxylic acid groups (broad SMARTS) is 1. The van der Waals surface area contributed by atoms with Crippen LogP contribution in [0.4, 0.5) is 0 Å². The Balaban J connectivity index is 1.80. The summed E-state index contributed by atoms with van der Waals surface area (Å²) < 4.78 is 0. The number of carbonyl (C=O) groups is 2. The molecule has 1 atom stereocenters. The molecule has 2 aliphatic carbocycles. The highest BCUT2D eigenvalue weighted by molar-refractivity contribution is 6.04. The molecule has 0 heterocycles. The molecular weight excluding hydrogens is 206 g/mol. The number of carbonyl (C=O) groups excluding carboxylic acids is 1. The standard InChI is InChI=1S/C12H17NO3/c14-10(12(6-7-12)11(15)16)13-8-9-4-2-1-3-5-9/h1-2,9H,3-8H2,(H,13,14)(H,15,16). The minimum atomic E-state index is -1.09. The van der Waals surface area contributed by atoms with Crippen molar-refractivity contribution in [2.75, 3.05) is 6.54 Å². The molecule has 1 amide bonds. The van der Waals surface area contributed by atoms with Crippen molar-refractivity contribution >= 4 is 11.9 Å². The van der Waals surface area contributed by atoms with Gasteiger partial charge in [-0.15, -0.1) is 0 Å². The second kappa shape index (κ2) is 4.28. The predicted molar refractivity (Wildman–Crippen MR) is 58.8 cm³/mol. The Kier molecular flexibility index (Phi) is 2.99. The minimum Gasteiger partial charge on any atom is -0.480 e. The van der Waals surface area contributed by atoms with E-state index in [0.717, 1.165) is 19.3 Å². The van der Waals surface area contributed by atoms with Gasteiger partial charge in [0.15, 0.2) is 0 Å². The highest BCUT2D eigenvalue weighted by atomic mass is 16.4. The SMILES string of the molecule is O=C(O)C1(C(=O)NCC2CC=CCC2)CC1. The zero-order valence-electron chi connectivity index (χ0n) is 9.24. The second-order valence-corrected chi connectivity index (χ2v) is 4.75. The summed E-state index contributed by atoms with van der Waals surface area (Å²) in [6.45, 7) is 0.609. The third-order valence-corrected chi connectivity index (χ3v) is 3.52. The van der Waals surface area contributed by atoms with E-state index in [1.54, 1.807) is 0 Å². The van der Waals surface area contributed by atoms with E-state index in [4.69, 9.17) is 5.11 Å². The quantitative estimate of drug-likeness (QED) is 0.558. The predicted octanol–water partition coefficient (Wildman–Crippen LogP) is 1.32. The van der Waals surface area contributed by atoms with Crippen molar-refractivity contribution in [2.45, 2.75) is 32.1 Å². The smallest absolute Gasteiger partial charge is 0.319 e. The molecule has 0 aromatic rings. The van der Waals surface area contributed by atoms with E-state index in [0.29, 0.717) is 25.3 Å². The van der Waals surface area contributed by atoms with Gasteiger partial charge in [0.25, 0.3) is 0 Å². The van der Waals surface area contributed by atoms with Gasteiger partial charge in [0.1, 0.15) is 5.41 Å². The van der Waals surface area contributed by atoms with Gasteiger partial charge in [-0.2, -0.15) is 0 Å². The van der Waals surface area contributed by atoms with Crippen LogP contribution in [0.3, 0.4) is 0 Å². The van der Waals surface area contributed by atoms with Crippen molar-refractivity contribution in [3.8, 4) is 0 Å². The summed E-state index contributed by atoms with van der Waals surface area (Å²) in [7, 11) is 0. The van der Waals surface area contributed by atoms with E-state index in [1.807, 2.05) is 0 Å². The number of allylic oxidation sites excluding steroid dienone is 2. The van der Waals surface area contributed by atoms with Crippen LogP contribution in [0, 0.1) is 11.3 Å². The summed E-state index contributed by atoms with van der Waals surface area (Å²) >= 11 is 0. The third-order valence-electron chi connectivity index (χ3n) is 3.52. The van der Waals surface area contributed by atoms with Gasteiger partial charge >= 0.3 is 5.97 Å². The van der Waals surface area contributed by atoms with Gasteiger partial charge in [-0.25, -0.2) is 0 Å². The molecule has 1 saturated carbocycles. The first-order valence-corrected chi connectivity index (χ1v) is 5.82. The van der Waals surface area contributed by atoms with Crippen molar-refractivity contribution < 1.29 is 14.7 Å². The van der Waals surface area contributed by atoms with E-state index < -0.39 is 11.4 Å². The van der Waals surface area contributed by atoms with Crippen molar-refractivity contribution in [3.05, 3.63) is 12.2 Å². The maximum absolute atomic E-state index is 11.7.